The molecule has 0 amide bonds. The first-order chi connectivity index (χ1) is 9.10. The Kier molecular flexibility index (Phi) is 4.77. The van der Waals surface area contributed by atoms with Crippen LogP contribution in [0.5, 0.6) is 0 Å². The van der Waals surface area contributed by atoms with E-state index < -0.39 is 0 Å². The van der Waals surface area contributed by atoms with Crippen molar-refractivity contribution in [2.24, 2.45) is 11.7 Å². The second kappa shape index (κ2) is 6.35. The second-order valence-electron chi connectivity index (χ2n) is 5.25. The summed E-state index contributed by atoms with van der Waals surface area (Å²) in [5.74, 6) is 1.92. The minimum absolute atomic E-state index is 0.306. The molecule has 0 fully saturated rings. The third kappa shape index (κ3) is 3.67. The van der Waals surface area contributed by atoms with E-state index in [2.05, 4.69) is 51.9 Å². The van der Waals surface area contributed by atoms with Crippen molar-refractivity contribution < 1.29 is 0 Å². The van der Waals surface area contributed by atoms with Crippen molar-refractivity contribution >= 4 is 15.9 Å². The average Bonchev–Trinajstić information content (AvgIpc) is 2.85. The Morgan fingerprint density at radius 1 is 1.37 bits per heavy atom. The van der Waals surface area contributed by atoms with E-state index in [0.717, 1.165) is 28.0 Å². The highest BCUT2D eigenvalue weighted by Gasteiger charge is 2.15. The third-order valence-electron chi connectivity index (χ3n) is 3.16. The number of aromatic nitrogens is 2. The lowest BCUT2D eigenvalue weighted by atomic mass is 9.97. The van der Waals surface area contributed by atoms with E-state index in [0.29, 0.717) is 18.4 Å². The molecule has 0 radical (unpaired) electrons. The molecule has 2 rings (SSSR count). The molecular formula is C15H20BrN3. The lowest BCUT2D eigenvalue weighted by molar-refractivity contribution is 0.490. The number of halogens is 1. The topological polar surface area (TPSA) is 54.7 Å². The number of hydrogen-bond donors (Lipinski definition) is 2. The molecule has 0 spiro atoms. The minimum Gasteiger partial charge on any atom is -0.342 e. The third-order valence-corrected chi connectivity index (χ3v) is 3.65. The smallest absolute Gasteiger partial charge is 0.110 e. The van der Waals surface area contributed by atoms with Gasteiger partial charge in [-0.15, -0.1) is 0 Å². The molecule has 3 N–H and O–H groups in total. The Labute approximate surface area is 122 Å². The number of H-pyrrole nitrogens is 1. The number of benzene rings is 1. The predicted octanol–water partition coefficient (Wildman–Crippen LogP) is 3.93. The zero-order chi connectivity index (χ0) is 13.8. The van der Waals surface area contributed by atoms with Gasteiger partial charge in [-0.25, -0.2) is 4.98 Å². The van der Waals surface area contributed by atoms with Gasteiger partial charge in [-0.2, -0.15) is 0 Å². The fourth-order valence-electron chi connectivity index (χ4n) is 2.24. The zero-order valence-corrected chi connectivity index (χ0v) is 12.9. The molecule has 0 saturated carbocycles. The van der Waals surface area contributed by atoms with E-state index in [1.54, 1.807) is 0 Å². The van der Waals surface area contributed by atoms with Crippen LogP contribution in [0.3, 0.4) is 0 Å². The van der Waals surface area contributed by atoms with E-state index in [9.17, 15) is 0 Å². The maximum Gasteiger partial charge on any atom is 0.110 e. The molecule has 1 atom stereocenters. The van der Waals surface area contributed by atoms with Gasteiger partial charge >= 0.3 is 0 Å². The molecule has 0 aliphatic heterocycles. The Hall–Kier alpha value is -1.13. The number of aromatic amines is 1. The summed E-state index contributed by atoms with van der Waals surface area (Å²) in [7, 11) is 0. The summed E-state index contributed by atoms with van der Waals surface area (Å²) in [6.07, 6.45) is 2.95. The molecule has 1 aromatic carbocycles. The molecular weight excluding hydrogens is 302 g/mol. The molecule has 0 saturated heterocycles. The van der Waals surface area contributed by atoms with Gasteiger partial charge in [0, 0.05) is 22.5 Å². The van der Waals surface area contributed by atoms with Crippen molar-refractivity contribution in [2.45, 2.75) is 26.2 Å². The van der Waals surface area contributed by atoms with Crippen LogP contribution in [0.2, 0.25) is 0 Å². The molecule has 1 unspecified atom stereocenters. The van der Waals surface area contributed by atoms with Crippen LogP contribution < -0.4 is 5.73 Å². The molecule has 0 aliphatic carbocycles. The quantitative estimate of drug-likeness (QED) is 0.876. The van der Waals surface area contributed by atoms with Gasteiger partial charge in [-0.1, -0.05) is 41.9 Å². The molecule has 0 bridgehead atoms. The number of nitrogens with two attached hydrogens (primary N) is 1. The van der Waals surface area contributed by atoms with E-state index >= 15 is 0 Å². The number of imidazole rings is 1. The molecule has 2 aromatic rings. The van der Waals surface area contributed by atoms with Gasteiger partial charge in [0.25, 0.3) is 0 Å². The highest BCUT2D eigenvalue weighted by molar-refractivity contribution is 9.10. The van der Waals surface area contributed by atoms with Gasteiger partial charge in [0.05, 0.1) is 11.9 Å². The maximum absolute atomic E-state index is 5.86. The number of nitrogens with one attached hydrogen (secondary N) is 1. The largest absolute Gasteiger partial charge is 0.342 e. The van der Waals surface area contributed by atoms with Crippen LogP contribution in [0, 0.1) is 5.92 Å². The Morgan fingerprint density at radius 2 is 2.16 bits per heavy atom. The molecule has 3 nitrogen and oxygen atoms in total. The fourth-order valence-corrected chi connectivity index (χ4v) is 2.63. The van der Waals surface area contributed by atoms with Crippen LogP contribution in [0.4, 0.5) is 0 Å². The molecule has 0 aliphatic rings. The molecule has 19 heavy (non-hydrogen) atoms. The number of nitrogens with zero attached hydrogens (tertiary/aromatic N) is 1. The molecule has 4 heteroatoms. The Morgan fingerprint density at radius 3 is 2.79 bits per heavy atom. The van der Waals surface area contributed by atoms with Gasteiger partial charge in [0.2, 0.25) is 0 Å². The van der Waals surface area contributed by atoms with Crippen molar-refractivity contribution in [3.8, 4) is 11.3 Å². The van der Waals surface area contributed by atoms with Crippen LogP contribution in [0.25, 0.3) is 11.3 Å². The van der Waals surface area contributed by atoms with Crippen molar-refractivity contribution in [3.63, 3.8) is 0 Å². The highest BCUT2D eigenvalue weighted by Crippen LogP contribution is 2.25. The minimum atomic E-state index is 0.306. The summed E-state index contributed by atoms with van der Waals surface area (Å²) in [6.45, 7) is 5.05. The van der Waals surface area contributed by atoms with Crippen molar-refractivity contribution in [1.82, 2.24) is 9.97 Å². The van der Waals surface area contributed by atoms with Crippen LogP contribution in [-0.4, -0.2) is 16.5 Å². The highest BCUT2D eigenvalue weighted by atomic mass is 79.9. The van der Waals surface area contributed by atoms with Crippen LogP contribution in [0.15, 0.2) is 34.9 Å². The van der Waals surface area contributed by atoms with Crippen LogP contribution in [-0.2, 0) is 0 Å². The lowest BCUT2D eigenvalue weighted by Gasteiger charge is -2.14. The van der Waals surface area contributed by atoms with Crippen LogP contribution in [0.1, 0.15) is 32.0 Å². The van der Waals surface area contributed by atoms with Crippen molar-refractivity contribution in [2.75, 3.05) is 6.54 Å². The van der Waals surface area contributed by atoms with Gasteiger partial charge in [0.1, 0.15) is 5.82 Å². The van der Waals surface area contributed by atoms with Gasteiger partial charge < -0.3 is 10.7 Å². The van der Waals surface area contributed by atoms with E-state index in [4.69, 9.17) is 5.73 Å². The lowest BCUT2D eigenvalue weighted by Crippen LogP contribution is -2.15. The molecule has 1 heterocycles. The number of rotatable bonds is 5. The average molecular weight is 322 g/mol. The molecule has 1 aromatic heterocycles. The van der Waals surface area contributed by atoms with Crippen molar-refractivity contribution in [1.29, 1.82) is 0 Å². The first-order valence-corrected chi connectivity index (χ1v) is 7.40. The predicted molar refractivity (Wildman–Crippen MR) is 83.0 cm³/mol. The Bertz CT molecular complexity index is 534. The number of hydrogen-bond acceptors (Lipinski definition) is 2. The van der Waals surface area contributed by atoms with Crippen LogP contribution >= 0.6 is 15.9 Å². The summed E-state index contributed by atoms with van der Waals surface area (Å²) in [6, 6.07) is 8.19. The standard InChI is InChI=1S/C15H20BrN3/c1-10(2)6-12(8-17)15-18-9-14(19-15)11-4-3-5-13(16)7-11/h3-5,7,9-10,12H,6,8,17H2,1-2H3,(H,18,19). The monoisotopic (exact) mass is 321 g/mol. The van der Waals surface area contributed by atoms with Gasteiger partial charge in [-0.3, -0.25) is 0 Å². The van der Waals surface area contributed by atoms with Gasteiger partial charge in [0.15, 0.2) is 0 Å². The SMILES string of the molecule is CC(C)CC(CN)c1ncc(-c2cccc(Br)c2)[nH]1. The Balaban J connectivity index is 2.23. The maximum atomic E-state index is 5.86. The fraction of sp³-hybridized carbons (Fsp3) is 0.400. The molecule has 102 valence electrons. The van der Waals surface area contributed by atoms with E-state index in [-0.39, 0.29) is 0 Å². The van der Waals surface area contributed by atoms with E-state index in [1.165, 1.54) is 0 Å². The first-order valence-electron chi connectivity index (χ1n) is 6.61. The summed E-state index contributed by atoms with van der Waals surface area (Å²) in [5.41, 5.74) is 8.03. The van der Waals surface area contributed by atoms with E-state index in [1.807, 2.05) is 18.3 Å². The summed E-state index contributed by atoms with van der Waals surface area (Å²) >= 11 is 3.49. The second-order valence-corrected chi connectivity index (χ2v) is 6.17. The van der Waals surface area contributed by atoms with Crippen molar-refractivity contribution in [3.05, 3.63) is 40.8 Å². The summed E-state index contributed by atoms with van der Waals surface area (Å²) in [5, 5.41) is 0. The van der Waals surface area contributed by atoms with Gasteiger partial charge in [-0.05, 0) is 24.5 Å². The summed E-state index contributed by atoms with van der Waals surface area (Å²) < 4.78 is 1.07. The first kappa shape index (κ1) is 14.3. The zero-order valence-electron chi connectivity index (χ0n) is 11.4. The normalized spacial score (nSPS) is 12.9. The summed E-state index contributed by atoms with van der Waals surface area (Å²) in [4.78, 5) is 7.90.